The number of hydrogen-bond donors (Lipinski definition) is 1. The number of nitrogens with zero attached hydrogens (tertiary/aromatic N) is 4. The van der Waals surface area contributed by atoms with Gasteiger partial charge in [-0.1, -0.05) is 25.7 Å². The second-order valence-electron chi connectivity index (χ2n) is 5.56. The van der Waals surface area contributed by atoms with E-state index in [4.69, 9.17) is 0 Å². The lowest BCUT2D eigenvalue weighted by Crippen LogP contribution is -2.34. The second-order valence-corrected chi connectivity index (χ2v) is 7.27. The molecule has 1 aliphatic rings. The van der Waals surface area contributed by atoms with Crippen molar-refractivity contribution in [2.45, 2.75) is 49.5 Å². The minimum absolute atomic E-state index is 0.0479. The van der Waals surface area contributed by atoms with E-state index in [0.29, 0.717) is 0 Å². The molecule has 0 radical (unpaired) electrons. The van der Waals surface area contributed by atoms with Crippen molar-refractivity contribution in [2.24, 2.45) is 0 Å². The third kappa shape index (κ3) is 3.50. The van der Waals surface area contributed by atoms with Crippen LogP contribution < -0.4 is 4.72 Å². The molecule has 2 aromatic rings. The van der Waals surface area contributed by atoms with Gasteiger partial charge in [-0.15, -0.1) is 5.10 Å². The Bertz CT molecular complexity index is 689. The molecule has 8 heteroatoms. The van der Waals surface area contributed by atoms with Crippen LogP contribution in [0.2, 0.25) is 0 Å². The monoisotopic (exact) mass is 321 g/mol. The number of hydrogen-bond acceptors (Lipinski definition) is 5. The van der Waals surface area contributed by atoms with Crippen LogP contribution in [0.4, 0.5) is 0 Å². The predicted molar refractivity (Wildman–Crippen MR) is 81.0 cm³/mol. The van der Waals surface area contributed by atoms with Crippen molar-refractivity contribution in [3.05, 3.63) is 30.6 Å². The average Bonchev–Trinajstić information content (AvgIpc) is 2.94. The molecule has 1 N–H and O–H groups in total. The molecule has 0 saturated heterocycles. The van der Waals surface area contributed by atoms with Crippen LogP contribution in [0.1, 0.15) is 38.5 Å². The maximum absolute atomic E-state index is 12.5. The molecule has 118 valence electrons. The Labute approximate surface area is 129 Å². The summed E-state index contributed by atoms with van der Waals surface area (Å²) in [5, 5.41) is 10.9. The Kier molecular flexibility index (Phi) is 4.49. The molecule has 1 aromatic carbocycles. The number of benzene rings is 1. The lowest BCUT2D eigenvalue weighted by molar-refractivity contribution is 0.510. The van der Waals surface area contributed by atoms with E-state index in [9.17, 15) is 8.42 Å². The molecule has 0 aliphatic heterocycles. The topological polar surface area (TPSA) is 89.8 Å². The van der Waals surface area contributed by atoms with Crippen molar-refractivity contribution in [1.29, 1.82) is 0 Å². The van der Waals surface area contributed by atoms with E-state index in [1.165, 1.54) is 23.9 Å². The summed E-state index contributed by atoms with van der Waals surface area (Å²) in [4.78, 5) is 0.272. The molecule has 0 atom stereocenters. The van der Waals surface area contributed by atoms with Crippen molar-refractivity contribution in [3.63, 3.8) is 0 Å². The van der Waals surface area contributed by atoms with Crippen molar-refractivity contribution in [2.75, 3.05) is 0 Å². The molecule has 7 nitrogen and oxygen atoms in total. The zero-order valence-corrected chi connectivity index (χ0v) is 13.0. The van der Waals surface area contributed by atoms with Crippen LogP contribution in [-0.4, -0.2) is 34.7 Å². The van der Waals surface area contributed by atoms with Gasteiger partial charge in [-0.2, -0.15) is 0 Å². The third-order valence-electron chi connectivity index (χ3n) is 3.94. The summed E-state index contributed by atoms with van der Waals surface area (Å²) in [6.45, 7) is 0. The first-order chi connectivity index (χ1) is 10.6. The molecular weight excluding hydrogens is 302 g/mol. The summed E-state index contributed by atoms with van der Waals surface area (Å²) >= 11 is 0. The first kappa shape index (κ1) is 15.1. The minimum Gasteiger partial charge on any atom is -0.208 e. The van der Waals surface area contributed by atoms with Crippen LogP contribution >= 0.6 is 0 Å². The molecule has 1 aromatic heterocycles. The Morgan fingerprint density at radius 2 is 1.73 bits per heavy atom. The van der Waals surface area contributed by atoms with Gasteiger partial charge < -0.3 is 0 Å². The highest BCUT2D eigenvalue weighted by Gasteiger charge is 2.21. The highest BCUT2D eigenvalue weighted by molar-refractivity contribution is 7.89. The van der Waals surface area contributed by atoms with Gasteiger partial charge in [0.25, 0.3) is 0 Å². The van der Waals surface area contributed by atoms with Gasteiger partial charge >= 0.3 is 0 Å². The zero-order chi connectivity index (χ0) is 15.4. The first-order valence-corrected chi connectivity index (χ1v) is 8.99. The Balaban J connectivity index is 1.74. The van der Waals surface area contributed by atoms with Crippen molar-refractivity contribution in [1.82, 2.24) is 24.9 Å². The molecule has 0 bridgehead atoms. The van der Waals surface area contributed by atoms with E-state index < -0.39 is 10.0 Å². The summed E-state index contributed by atoms with van der Waals surface area (Å²) < 4.78 is 29.2. The summed E-state index contributed by atoms with van der Waals surface area (Å²) in [6.07, 6.45) is 7.87. The van der Waals surface area contributed by atoms with Gasteiger partial charge in [0, 0.05) is 6.04 Å². The number of rotatable bonds is 4. The summed E-state index contributed by atoms with van der Waals surface area (Å²) in [7, 11) is -3.47. The quantitative estimate of drug-likeness (QED) is 0.865. The third-order valence-corrected chi connectivity index (χ3v) is 5.47. The van der Waals surface area contributed by atoms with E-state index in [0.717, 1.165) is 31.4 Å². The van der Waals surface area contributed by atoms with Gasteiger partial charge in [-0.05, 0) is 47.5 Å². The first-order valence-electron chi connectivity index (χ1n) is 7.51. The van der Waals surface area contributed by atoms with Crippen LogP contribution in [0, 0.1) is 0 Å². The number of aromatic nitrogens is 4. The van der Waals surface area contributed by atoms with Crippen LogP contribution in [0.25, 0.3) is 5.69 Å². The molecule has 22 heavy (non-hydrogen) atoms. The van der Waals surface area contributed by atoms with E-state index in [-0.39, 0.29) is 10.9 Å². The van der Waals surface area contributed by atoms with E-state index in [1.807, 2.05) is 0 Å². The fourth-order valence-electron chi connectivity index (χ4n) is 2.74. The largest absolute Gasteiger partial charge is 0.240 e. The Morgan fingerprint density at radius 1 is 1.05 bits per heavy atom. The molecule has 1 fully saturated rings. The van der Waals surface area contributed by atoms with Gasteiger partial charge in [-0.25, -0.2) is 17.8 Å². The maximum atomic E-state index is 12.5. The van der Waals surface area contributed by atoms with Crippen LogP contribution in [0.5, 0.6) is 0 Å². The van der Waals surface area contributed by atoms with Crippen LogP contribution in [-0.2, 0) is 10.0 Å². The summed E-state index contributed by atoms with van der Waals surface area (Å²) in [5.41, 5.74) is 0.721. The summed E-state index contributed by atoms with van der Waals surface area (Å²) in [5.74, 6) is 0. The van der Waals surface area contributed by atoms with Crippen molar-refractivity contribution < 1.29 is 8.42 Å². The van der Waals surface area contributed by atoms with Crippen LogP contribution in [0.3, 0.4) is 0 Å². The number of nitrogens with one attached hydrogen (secondary N) is 1. The fourth-order valence-corrected chi connectivity index (χ4v) is 4.05. The molecular formula is C14H19N5O2S. The molecule has 0 unspecified atom stereocenters. The molecule has 1 heterocycles. The normalized spacial score (nSPS) is 17.3. The molecule has 3 rings (SSSR count). The average molecular weight is 321 g/mol. The van der Waals surface area contributed by atoms with E-state index in [1.54, 1.807) is 24.3 Å². The maximum Gasteiger partial charge on any atom is 0.240 e. The van der Waals surface area contributed by atoms with Gasteiger partial charge in [0.05, 0.1) is 10.6 Å². The molecule has 0 amide bonds. The van der Waals surface area contributed by atoms with Gasteiger partial charge in [-0.3, -0.25) is 0 Å². The molecule has 1 saturated carbocycles. The molecule has 1 aliphatic carbocycles. The fraction of sp³-hybridized carbons (Fsp3) is 0.500. The Hall–Kier alpha value is -1.80. The second kappa shape index (κ2) is 6.53. The highest BCUT2D eigenvalue weighted by Crippen LogP contribution is 2.20. The standard InChI is InChI=1S/C14H19N5O2S/c20-22(21,16-12-5-3-1-2-4-6-12)14-9-7-13(8-10-14)19-11-15-17-18-19/h7-12,16H,1-6H2. The van der Waals surface area contributed by atoms with E-state index >= 15 is 0 Å². The lowest BCUT2D eigenvalue weighted by Gasteiger charge is -2.16. The van der Waals surface area contributed by atoms with E-state index in [2.05, 4.69) is 20.2 Å². The van der Waals surface area contributed by atoms with Crippen molar-refractivity contribution in [3.8, 4) is 5.69 Å². The SMILES string of the molecule is O=S(=O)(NC1CCCCCC1)c1ccc(-n2cnnn2)cc1. The number of tetrazole rings is 1. The molecule has 0 spiro atoms. The van der Waals surface area contributed by atoms with Gasteiger partial charge in [0.15, 0.2) is 0 Å². The van der Waals surface area contributed by atoms with Gasteiger partial charge in [0.1, 0.15) is 6.33 Å². The van der Waals surface area contributed by atoms with Crippen molar-refractivity contribution >= 4 is 10.0 Å². The lowest BCUT2D eigenvalue weighted by atomic mass is 10.1. The Morgan fingerprint density at radius 3 is 2.32 bits per heavy atom. The van der Waals surface area contributed by atoms with Gasteiger partial charge in [0.2, 0.25) is 10.0 Å². The zero-order valence-electron chi connectivity index (χ0n) is 12.2. The van der Waals surface area contributed by atoms with Crippen LogP contribution in [0.15, 0.2) is 35.5 Å². The smallest absolute Gasteiger partial charge is 0.208 e. The highest BCUT2D eigenvalue weighted by atomic mass is 32.2. The number of sulfonamides is 1. The summed E-state index contributed by atoms with van der Waals surface area (Å²) in [6, 6.07) is 6.59. The predicted octanol–water partition coefficient (Wildman–Crippen LogP) is 1.66. The minimum atomic E-state index is -3.47.